The van der Waals surface area contributed by atoms with E-state index in [1.54, 1.807) is 19.2 Å². The van der Waals surface area contributed by atoms with E-state index in [4.69, 9.17) is 10.5 Å². The lowest BCUT2D eigenvalue weighted by molar-refractivity contribution is 0.102. The van der Waals surface area contributed by atoms with Crippen LogP contribution in [0.4, 0.5) is 17.1 Å². The molecular weight excluding hydrogens is 328 g/mol. The first-order valence-corrected chi connectivity index (χ1v) is 8.93. The fourth-order valence-corrected chi connectivity index (χ4v) is 3.26. The van der Waals surface area contributed by atoms with Gasteiger partial charge in [-0.05, 0) is 36.9 Å². The maximum Gasteiger partial charge on any atom is 0.259 e. The lowest BCUT2D eigenvalue weighted by atomic mass is 10.1. The third kappa shape index (κ3) is 3.91. The Balaban J connectivity index is 1.71. The van der Waals surface area contributed by atoms with Crippen molar-refractivity contribution in [3.8, 4) is 5.75 Å². The molecule has 0 spiro atoms. The Morgan fingerprint density at radius 2 is 1.88 bits per heavy atom. The molecule has 0 atom stereocenters. The summed E-state index contributed by atoms with van der Waals surface area (Å²) in [4.78, 5) is 17.2. The predicted molar refractivity (Wildman–Crippen MR) is 106 cm³/mol. The number of likely N-dealkylation sites (N-methyl/N-ethyl adjacent to an activating group) is 1. The summed E-state index contributed by atoms with van der Waals surface area (Å²) in [6.45, 7) is 7.28. The van der Waals surface area contributed by atoms with Crippen LogP contribution in [0, 0.1) is 0 Å². The van der Waals surface area contributed by atoms with Crippen molar-refractivity contribution in [1.82, 2.24) is 4.90 Å². The smallest absolute Gasteiger partial charge is 0.259 e. The van der Waals surface area contributed by atoms with Crippen LogP contribution in [-0.2, 0) is 0 Å². The van der Waals surface area contributed by atoms with E-state index in [1.165, 1.54) is 0 Å². The number of ether oxygens (including phenoxy) is 1. The number of hydrogen-bond donors (Lipinski definition) is 2. The first kappa shape index (κ1) is 18.1. The van der Waals surface area contributed by atoms with Gasteiger partial charge in [0.15, 0.2) is 0 Å². The summed E-state index contributed by atoms with van der Waals surface area (Å²) in [5.74, 6) is 0.328. The van der Waals surface area contributed by atoms with E-state index >= 15 is 0 Å². The third-order valence-electron chi connectivity index (χ3n) is 4.80. The van der Waals surface area contributed by atoms with Crippen molar-refractivity contribution < 1.29 is 9.53 Å². The number of rotatable bonds is 5. The molecule has 1 amide bonds. The second-order valence-electron chi connectivity index (χ2n) is 6.35. The summed E-state index contributed by atoms with van der Waals surface area (Å²) in [6.07, 6.45) is 0. The van der Waals surface area contributed by atoms with Crippen LogP contribution in [-0.4, -0.2) is 50.6 Å². The molecule has 0 radical (unpaired) electrons. The van der Waals surface area contributed by atoms with Gasteiger partial charge in [0.1, 0.15) is 5.75 Å². The van der Waals surface area contributed by atoms with E-state index in [1.807, 2.05) is 30.3 Å². The van der Waals surface area contributed by atoms with Crippen molar-refractivity contribution in [2.75, 3.05) is 55.8 Å². The number of carbonyl (C=O) groups excluding carboxylic acids is 1. The fraction of sp³-hybridized carbons (Fsp3) is 0.350. The van der Waals surface area contributed by atoms with Crippen LogP contribution in [0.2, 0.25) is 0 Å². The van der Waals surface area contributed by atoms with Crippen molar-refractivity contribution in [2.24, 2.45) is 0 Å². The number of carbonyl (C=O) groups is 1. The molecule has 1 heterocycles. The summed E-state index contributed by atoms with van der Waals surface area (Å²) in [7, 11) is 1.55. The van der Waals surface area contributed by atoms with E-state index < -0.39 is 0 Å². The summed E-state index contributed by atoms with van der Waals surface area (Å²) in [6, 6.07) is 12.8. The number of amides is 1. The second-order valence-corrected chi connectivity index (χ2v) is 6.35. The Labute approximate surface area is 154 Å². The number of nitrogen functional groups attached to an aromatic ring is 1. The zero-order valence-corrected chi connectivity index (χ0v) is 15.4. The van der Waals surface area contributed by atoms with Crippen LogP contribution in [0.15, 0.2) is 42.5 Å². The van der Waals surface area contributed by atoms with Gasteiger partial charge in [0.25, 0.3) is 5.91 Å². The minimum atomic E-state index is -0.217. The van der Waals surface area contributed by atoms with Crippen LogP contribution in [0.25, 0.3) is 0 Å². The van der Waals surface area contributed by atoms with Gasteiger partial charge in [0.05, 0.1) is 24.0 Å². The van der Waals surface area contributed by atoms with E-state index in [-0.39, 0.29) is 5.91 Å². The van der Waals surface area contributed by atoms with Crippen LogP contribution >= 0.6 is 0 Å². The van der Waals surface area contributed by atoms with Crippen LogP contribution < -0.4 is 20.7 Å². The molecule has 6 nitrogen and oxygen atoms in total. The molecule has 2 aromatic carbocycles. The molecule has 1 saturated heterocycles. The lowest BCUT2D eigenvalue weighted by Crippen LogP contribution is -2.46. The Morgan fingerprint density at radius 3 is 2.54 bits per heavy atom. The van der Waals surface area contributed by atoms with Crippen molar-refractivity contribution in [3.63, 3.8) is 0 Å². The zero-order chi connectivity index (χ0) is 18.5. The molecule has 6 heteroatoms. The quantitative estimate of drug-likeness (QED) is 0.808. The van der Waals surface area contributed by atoms with Gasteiger partial charge in [-0.15, -0.1) is 0 Å². The van der Waals surface area contributed by atoms with E-state index in [0.29, 0.717) is 22.7 Å². The first-order chi connectivity index (χ1) is 12.6. The van der Waals surface area contributed by atoms with Gasteiger partial charge in [-0.3, -0.25) is 4.79 Å². The number of nitrogens with zero attached hydrogens (tertiary/aromatic N) is 2. The maximum atomic E-state index is 12.5. The Bertz CT molecular complexity index is 770. The van der Waals surface area contributed by atoms with E-state index in [9.17, 15) is 4.79 Å². The minimum Gasteiger partial charge on any atom is -0.496 e. The topological polar surface area (TPSA) is 70.8 Å². The molecule has 26 heavy (non-hydrogen) atoms. The highest BCUT2D eigenvalue weighted by Crippen LogP contribution is 2.28. The minimum absolute atomic E-state index is 0.217. The van der Waals surface area contributed by atoms with Crippen LogP contribution in [0.3, 0.4) is 0 Å². The molecule has 1 aliphatic heterocycles. The molecule has 138 valence electrons. The van der Waals surface area contributed by atoms with Gasteiger partial charge in [-0.2, -0.15) is 0 Å². The van der Waals surface area contributed by atoms with Gasteiger partial charge in [0, 0.05) is 31.9 Å². The maximum absolute atomic E-state index is 12.5. The molecule has 0 saturated carbocycles. The molecule has 0 unspecified atom stereocenters. The number of para-hydroxylation sites is 1. The van der Waals surface area contributed by atoms with Crippen LogP contribution in [0.1, 0.15) is 17.3 Å². The average molecular weight is 354 g/mol. The molecule has 1 fully saturated rings. The summed E-state index contributed by atoms with van der Waals surface area (Å²) >= 11 is 0. The SMILES string of the molecule is CCN1CCN(c2ccc(NC(=O)c3ccccc3OC)cc2N)CC1. The molecule has 0 aromatic heterocycles. The predicted octanol–water partition coefficient (Wildman–Crippen LogP) is 2.67. The lowest BCUT2D eigenvalue weighted by Gasteiger charge is -2.36. The first-order valence-electron chi connectivity index (χ1n) is 8.93. The Kier molecular flexibility index (Phi) is 5.63. The molecule has 3 N–H and O–H groups in total. The van der Waals surface area contributed by atoms with Crippen molar-refractivity contribution in [2.45, 2.75) is 6.92 Å². The summed E-state index contributed by atoms with van der Waals surface area (Å²) in [5.41, 5.74) is 9.13. The molecular formula is C20H26N4O2. The number of anilines is 3. The van der Waals surface area contributed by atoms with Gasteiger partial charge in [-0.1, -0.05) is 19.1 Å². The highest BCUT2D eigenvalue weighted by atomic mass is 16.5. The van der Waals surface area contributed by atoms with Crippen molar-refractivity contribution >= 4 is 23.0 Å². The third-order valence-corrected chi connectivity index (χ3v) is 4.80. The van der Waals surface area contributed by atoms with Crippen molar-refractivity contribution in [1.29, 1.82) is 0 Å². The van der Waals surface area contributed by atoms with E-state index in [2.05, 4.69) is 22.0 Å². The number of nitrogens with one attached hydrogen (secondary N) is 1. The fourth-order valence-electron chi connectivity index (χ4n) is 3.26. The number of benzene rings is 2. The summed E-state index contributed by atoms with van der Waals surface area (Å²) in [5, 5.41) is 2.89. The van der Waals surface area contributed by atoms with Crippen molar-refractivity contribution in [3.05, 3.63) is 48.0 Å². The van der Waals surface area contributed by atoms with Gasteiger partial charge in [0.2, 0.25) is 0 Å². The standard InChI is InChI=1S/C20H26N4O2/c1-3-23-10-12-24(13-11-23)18-9-8-15(14-17(18)21)22-20(25)16-6-4-5-7-19(16)26-2/h4-9,14H,3,10-13,21H2,1-2H3,(H,22,25). The van der Waals surface area contributed by atoms with Gasteiger partial charge in [-0.25, -0.2) is 0 Å². The van der Waals surface area contributed by atoms with Gasteiger partial charge >= 0.3 is 0 Å². The van der Waals surface area contributed by atoms with Gasteiger partial charge < -0.3 is 25.6 Å². The Morgan fingerprint density at radius 1 is 1.15 bits per heavy atom. The van der Waals surface area contributed by atoms with E-state index in [0.717, 1.165) is 38.4 Å². The average Bonchev–Trinajstić information content (AvgIpc) is 2.68. The molecule has 2 aromatic rings. The number of methoxy groups -OCH3 is 1. The molecule has 0 aliphatic carbocycles. The number of nitrogens with two attached hydrogens (primary N) is 1. The monoisotopic (exact) mass is 354 g/mol. The molecule has 3 rings (SSSR count). The normalized spacial score (nSPS) is 14.9. The highest BCUT2D eigenvalue weighted by Gasteiger charge is 2.18. The Hall–Kier alpha value is -2.73. The molecule has 0 bridgehead atoms. The number of hydrogen-bond acceptors (Lipinski definition) is 5. The zero-order valence-electron chi connectivity index (χ0n) is 15.4. The summed E-state index contributed by atoms with van der Waals surface area (Å²) < 4.78 is 5.25. The van der Waals surface area contributed by atoms with Crippen LogP contribution in [0.5, 0.6) is 5.75 Å². The number of piperazine rings is 1. The molecule has 1 aliphatic rings. The second kappa shape index (κ2) is 8.10. The highest BCUT2D eigenvalue weighted by molar-refractivity contribution is 6.06. The largest absolute Gasteiger partial charge is 0.496 e.